The third-order valence-corrected chi connectivity index (χ3v) is 5.17. The molecule has 0 aliphatic carbocycles. The fraction of sp³-hybridized carbons (Fsp3) is 0.391. The van der Waals surface area contributed by atoms with Gasteiger partial charge in [-0.1, -0.05) is 12.1 Å². The molecule has 1 aliphatic rings. The first kappa shape index (κ1) is 18.7. The number of benzene rings is 1. The molecule has 5 heteroatoms. The van der Waals surface area contributed by atoms with Crippen molar-refractivity contribution in [2.45, 2.75) is 46.8 Å². The molecule has 0 spiro atoms. The molecule has 3 aromatic rings. The van der Waals surface area contributed by atoms with Gasteiger partial charge in [0, 0.05) is 35.1 Å². The van der Waals surface area contributed by atoms with Crippen LogP contribution in [0, 0.1) is 13.8 Å². The predicted molar refractivity (Wildman–Crippen MR) is 111 cm³/mol. The number of nitrogens with zero attached hydrogens (tertiary/aromatic N) is 3. The van der Waals surface area contributed by atoms with Gasteiger partial charge in [-0.2, -0.15) is 0 Å². The molecule has 4 rings (SSSR count). The average molecular weight is 377 g/mol. The molecule has 1 atom stereocenters. The topological polar surface area (TPSA) is 49.2 Å². The van der Waals surface area contributed by atoms with Crippen molar-refractivity contribution in [3.8, 4) is 28.4 Å². The van der Waals surface area contributed by atoms with Gasteiger partial charge in [-0.05, 0) is 51.5 Å². The van der Waals surface area contributed by atoms with Gasteiger partial charge in [-0.3, -0.25) is 4.98 Å². The smallest absolute Gasteiger partial charge is 0.141 e. The van der Waals surface area contributed by atoms with Crippen molar-refractivity contribution in [3.05, 3.63) is 53.5 Å². The largest absolute Gasteiger partial charge is 0.494 e. The number of pyridine rings is 1. The van der Waals surface area contributed by atoms with Crippen molar-refractivity contribution in [2.75, 3.05) is 13.2 Å². The van der Waals surface area contributed by atoms with E-state index < -0.39 is 0 Å². The highest BCUT2D eigenvalue weighted by molar-refractivity contribution is 5.69. The number of ether oxygens (including phenoxy) is 2. The zero-order chi connectivity index (χ0) is 19.7. The van der Waals surface area contributed by atoms with Crippen LogP contribution in [0.1, 0.15) is 30.8 Å². The van der Waals surface area contributed by atoms with Gasteiger partial charge in [0.1, 0.15) is 11.6 Å². The van der Waals surface area contributed by atoms with Crippen LogP contribution in [0.2, 0.25) is 0 Å². The van der Waals surface area contributed by atoms with Gasteiger partial charge in [-0.25, -0.2) is 4.98 Å². The number of aromatic nitrogens is 3. The van der Waals surface area contributed by atoms with Gasteiger partial charge in [0.05, 0.1) is 31.6 Å². The van der Waals surface area contributed by atoms with Crippen molar-refractivity contribution >= 4 is 0 Å². The molecule has 0 saturated heterocycles. The Kier molecular flexibility index (Phi) is 5.18. The lowest BCUT2D eigenvalue weighted by Gasteiger charge is -2.14. The number of aryl methyl sites for hydroxylation is 2. The van der Waals surface area contributed by atoms with Crippen LogP contribution in [0.3, 0.4) is 0 Å². The molecule has 2 aromatic heterocycles. The first-order valence-corrected chi connectivity index (χ1v) is 9.94. The summed E-state index contributed by atoms with van der Waals surface area (Å²) in [6, 6.07) is 10.5. The van der Waals surface area contributed by atoms with Crippen LogP contribution in [0.25, 0.3) is 22.6 Å². The molecule has 1 aliphatic heterocycles. The molecular weight excluding hydrogens is 350 g/mol. The fourth-order valence-electron chi connectivity index (χ4n) is 3.80. The van der Waals surface area contributed by atoms with Crippen LogP contribution >= 0.6 is 0 Å². The fourth-order valence-corrected chi connectivity index (χ4v) is 3.80. The minimum absolute atomic E-state index is 0.151. The second-order valence-corrected chi connectivity index (χ2v) is 7.37. The van der Waals surface area contributed by atoms with E-state index >= 15 is 0 Å². The minimum Gasteiger partial charge on any atom is -0.494 e. The van der Waals surface area contributed by atoms with Crippen molar-refractivity contribution in [2.24, 2.45) is 0 Å². The molecule has 0 amide bonds. The van der Waals surface area contributed by atoms with E-state index in [1.165, 1.54) is 5.69 Å². The van der Waals surface area contributed by atoms with E-state index in [0.717, 1.165) is 52.6 Å². The number of rotatable bonds is 4. The Bertz CT molecular complexity index is 994. The van der Waals surface area contributed by atoms with Crippen molar-refractivity contribution in [3.63, 3.8) is 0 Å². The number of hydrogen-bond acceptors (Lipinski definition) is 4. The second kappa shape index (κ2) is 7.76. The quantitative estimate of drug-likeness (QED) is 0.667. The van der Waals surface area contributed by atoms with Crippen LogP contribution in [-0.4, -0.2) is 33.9 Å². The third-order valence-electron chi connectivity index (χ3n) is 5.17. The summed E-state index contributed by atoms with van der Waals surface area (Å²) in [7, 11) is 0. The molecule has 0 N–H and O–H groups in total. The Morgan fingerprint density at radius 1 is 1.18 bits per heavy atom. The van der Waals surface area contributed by atoms with Crippen molar-refractivity contribution in [1.29, 1.82) is 0 Å². The lowest BCUT2D eigenvalue weighted by molar-refractivity contribution is 0.0666. The van der Waals surface area contributed by atoms with E-state index in [1.807, 2.05) is 26.1 Å². The maximum Gasteiger partial charge on any atom is 0.141 e. The average Bonchev–Trinajstić information content (AvgIpc) is 2.90. The van der Waals surface area contributed by atoms with E-state index in [1.54, 1.807) is 0 Å². The molecule has 28 heavy (non-hydrogen) atoms. The third kappa shape index (κ3) is 3.54. The molecule has 146 valence electrons. The molecule has 1 aromatic carbocycles. The van der Waals surface area contributed by atoms with Gasteiger partial charge in [0.15, 0.2) is 0 Å². The van der Waals surface area contributed by atoms with E-state index in [2.05, 4.69) is 47.7 Å². The van der Waals surface area contributed by atoms with Crippen LogP contribution in [0.5, 0.6) is 5.75 Å². The minimum atomic E-state index is 0.151. The first-order valence-electron chi connectivity index (χ1n) is 9.94. The summed E-state index contributed by atoms with van der Waals surface area (Å²) >= 11 is 0. The summed E-state index contributed by atoms with van der Waals surface area (Å²) in [6.45, 7) is 10.4. The van der Waals surface area contributed by atoms with Crippen molar-refractivity contribution < 1.29 is 9.47 Å². The van der Waals surface area contributed by atoms with Crippen LogP contribution < -0.4 is 4.74 Å². The monoisotopic (exact) mass is 377 g/mol. The first-order chi connectivity index (χ1) is 13.6. The Morgan fingerprint density at radius 2 is 2.04 bits per heavy atom. The number of fused-ring (bicyclic) bond motifs is 1. The molecule has 0 unspecified atom stereocenters. The second-order valence-electron chi connectivity index (χ2n) is 7.37. The maximum absolute atomic E-state index is 5.94. The lowest BCUT2D eigenvalue weighted by Crippen LogP contribution is -2.15. The number of hydrogen-bond donors (Lipinski definition) is 0. The molecule has 0 saturated carbocycles. The Balaban J connectivity index is 1.89. The molecule has 0 radical (unpaired) electrons. The van der Waals surface area contributed by atoms with Gasteiger partial charge in [0.2, 0.25) is 0 Å². The Hall–Kier alpha value is -2.66. The van der Waals surface area contributed by atoms with Gasteiger partial charge >= 0.3 is 0 Å². The number of imidazole rings is 1. The Morgan fingerprint density at radius 3 is 2.82 bits per heavy atom. The zero-order valence-electron chi connectivity index (χ0n) is 17.0. The highest BCUT2D eigenvalue weighted by Crippen LogP contribution is 2.34. The van der Waals surface area contributed by atoms with Gasteiger partial charge in [0.25, 0.3) is 0 Å². The van der Waals surface area contributed by atoms with Gasteiger partial charge in [-0.15, -0.1) is 0 Å². The van der Waals surface area contributed by atoms with Crippen LogP contribution in [0.15, 0.2) is 36.5 Å². The zero-order valence-corrected chi connectivity index (χ0v) is 17.0. The highest BCUT2D eigenvalue weighted by Gasteiger charge is 2.24. The van der Waals surface area contributed by atoms with E-state index in [9.17, 15) is 0 Å². The molecule has 5 nitrogen and oxygen atoms in total. The predicted octanol–water partition coefficient (Wildman–Crippen LogP) is 4.59. The summed E-state index contributed by atoms with van der Waals surface area (Å²) in [5, 5.41) is 0. The van der Waals surface area contributed by atoms with Crippen molar-refractivity contribution in [1.82, 2.24) is 14.5 Å². The normalized spacial score (nSPS) is 16.5. The SMILES string of the molecule is CCOc1cc(-c2nc(-c3ccnc(C)c3)c3n2C[C@@H](C)OCC3)ccc1C. The lowest BCUT2D eigenvalue weighted by atomic mass is 10.1. The van der Waals surface area contributed by atoms with E-state index in [0.29, 0.717) is 13.2 Å². The molecular formula is C23H27N3O2. The van der Waals surface area contributed by atoms with Crippen LogP contribution in [0.4, 0.5) is 0 Å². The standard InChI is InChI=1S/C23H27N3O2/c1-5-27-21-13-19(7-6-15(21)2)23-25-22(18-8-10-24-16(3)12-18)20-9-11-28-17(4)14-26(20)23/h6-8,10,12-13,17H,5,9,11,14H2,1-4H3/t17-/m1/s1. The van der Waals surface area contributed by atoms with E-state index in [-0.39, 0.29) is 6.10 Å². The van der Waals surface area contributed by atoms with Crippen LogP contribution in [-0.2, 0) is 17.7 Å². The maximum atomic E-state index is 5.94. The summed E-state index contributed by atoms with van der Waals surface area (Å²) in [4.78, 5) is 9.44. The van der Waals surface area contributed by atoms with E-state index in [4.69, 9.17) is 14.5 Å². The highest BCUT2D eigenvalue weighted by atomic mass is 16.5. The summed E-state index contributed by atoms with van der Waals surface area (Å²) in [6.07, 6.45) is 2.85. The summed E-state index contributed by atoms with van der Waals surface area (Å²) in [5.41, 5.74) is 6.55. The Labute approximate surface area is 166 Å². The summed E-state index contributed by atoms with van der Waals surface area (Å²) < 4.78 is 14.1. The molecule has 0 bridgehead atoms. The van der Waals surface area contributed by atoms with Gasteiger partial charge < -0.3 is 14.0 Å². The molecule has 0 fully saturated rings. The summed E-state index contributed by atoms with van der Waals surface area (Å²) in [5.74, 6) is 1.88. The molecule has 3 heterocycles.